The topological polar surface area (TPSA) is 55.6 Å². The second-order valence-electron chi connectivity index (χ2n) is 4.41. The fourth-order valence-corrected chi connectivity index (χ4v) is 2.05. The Morgan fingerprint density at radius 3 is 2.68 bits per heavy atom. The number of nitrogens with one attached hydrogen (secondary N) is 1. The molecule has 0 radical (unpaired) electrons. The van der Waals surface area contributed by atoms with E-state index < -0.39 is 0 Å². The summed E-state index contributed by atoms with van der Waals surface area (Å²) in [5, 5.41) is 7.68. The number of hydrogen-bond acceptors (Lipinski definition) is 4. The van der Waals surface area contributed by atoms with E-state index in [1.54, 1.807) is 6.33 Å². The maximum atomic E-state index is 4.43. The molecule has 2 heterocycles. The van der Waals surface area contributed by atoms with Gasteiger partial charge in [-0.25, -0.2) is 9.97 Å². The van der Waals surface area contributed by atoms with E-state index in [-0.39, 0.29) is 0 Å². The highest BCUT2D eigenvalue weighted by molar-refractivity contribution is 5.67. The molecule has 0 aromatic carbocycles. The van der Waals surface area contributed by atoms with Crippen LogP contribution in [0.4, 0.5) is 5.82 Å². The Labute approximate surface area is 114 Å². The third kappa shape index (κ3) is 2.92. The van der Waals surface area contributed by atoms with Crippen LogP contribution in [-0.4, -0.2) is 26.3 Å². The van der Waals surface area contributed by atoms with Crippen molar-refractivity contribution in [1.29, 1.82) is 0 Å². The normalized spacial score (nSPS) is 10.7. The van der Waals surface area contributed by atoms with Crippen molar-refractivity contribution in [2.75, 3.05) is 11.9 Å². The van der Waals surface area contributed by atoms with Crippen molar-refractivity contribution >= 4 is 5.82 Å². The van der Waals surface area contributed by atoms with E-state index in [4.69, 9.17) is 0 Å². The summed E-state index contributed by atoms with van der Waals surface area (Å²) in [6.07, 6.45) is 7.51. The predicted molar refractivity (Wildman–Crippen MR) is 77.1 cm³/mol. The zero-order valence-corrected chi connectivity index (χ0v) is 11.8. The van der Waals surface area contributed by atoms with Gasteiger partial charge in [0.2, 0.25) is 0 Å². The minimum atomic E-state index is 0.869. The lowest BCUT2D eigenvalue weighted by molar-refractivity contribution is 0.660. The Bertz CT molecular complexity index is 532. The SMILES string of the molecule is CCCNc1ncnc(-c2cnn(CC)c2)c1CC. The maximum absolute atomic E-state index is 4.43. The molecule has 0 amide bonds. The highest BCUT2D eigenvalue weighted by Gasteiger charge is 2.12. The van der Waals surface area contributed by atoms with Gasteiger partial charge >= 0.3 is 0 Å². The van der Waals surface area contributed by atoms with Crippen molar-refractivity contribution in [2.45, 2.75) is 40.2 Å². The summed E-state index contributed by atoms with van der Waals surface area (Å²) in [6, 6.07) is 0. The number of anilines is 1. The van der Waals surface area contributed by atoms with Crippen molar-refractivity contribution < 1.29 is 0 Å². The standard InChI is InChI=1S/C14H21N5/c1-4-7-15-14-12(5-2)13(16-10-17-14)11-8-18-19(6-3)9-11/h8-10H,4-7H2,1-3H3,(H,15,16,17). The third-order valence-corrected chi connectivity index (χ3v) is 3.07. The molecule has 0 bridgehead atoms. The van der Waals surface area contributed by atoms with Crippen molar-refractivity contribution in [3.05, 3.63) is 24.3 Å². The van der Waals surface area contributed by atoms with E-state index in [1.165, 1.54) is 0 Å². The molecule has 1 N–H and O–H groups in total. The van der Waals surface area contributed by atoms with Gasteiger partial charge in [-0.2, -0.15) is 5.10 Å². The lowest BCUT2D eigenvalue weighted by Crippen LogP contribution is -2.07. The molecule has 0 spiro atoms. The molecule has 2 rings (SSSR count). The first-order valence-corrected chi connectivity index (χ1v) is 6.90. The monoisotopic (exact) mass is 259 g/mol. The highest BCUT2D eigenvalue weighted by atomic mass is 15.3. The van der Waals surface area contributed by atoms with Crippen LogP contribution in [0.25, 0.3) is 11.3 Å². The van der Waals surface area contributed by atoms with Crippen LogP contribution in [0.15, 0.2) is 18.7 Å². The largest absolute Gasteiger partial charge is 0.370 e. The second kappa shape index (κ2) is 6.31. The van der Waals surface area contributed by atoms with E-state index in [0.29, 0.717) is 0 Å². The second-order valence-corrected chi connectivity index (χ2v) is 4.41. The van der Waals surface area contributed by atoms with Crippen LogP contribution in [0.5, 0.6) is 0 Å². The van der Waals surface area contributed by atoms with Crippen LogP contribution in [0.1, 0.15) is 32.8 Å². The molecule has 0 fully saturated rings. The molecule has 19 heavy (non-hydrogen) atoms. The molecular weight excluding hydrogens is 238 g/mol. The molecule has 0 atom stereocenters. The summed E-state index contributed by atoms with van der Waals surface area (Å²) in [4.78, 5) is 8.78. The first kappa shape index (κ1) is 13.5. The predicted octanol–water partition coefficient (Wildman–Crippen LogP) is 2.74. The van der Waals surface area contributed by atoms with Crippen LogP contribution in [-0.2, 0) is 13.0 Å². The van der Waals surface area contributed by atoms with Crippen molar-refractivity contribution in [3.63, 3.8) is 0 Å². The lowest BCUT2D eigenvalue weighted by atomic mass is 10.1. The number of aryl methyl sites for hydroxylation is 1. The summed E-state index contributed by atoms with van der Waals surface area (Å²) < 4.78 is 1.91. The van der Waals surface area contributed by atoms with Gasteiger partial charge in [0.1, 0.15) is 12.1 Å². The van der Waals surface area contributed by atoms with Gasteiger partial charge in [-0.1, -0.05) is 13.8 Å². The minimum absolute atomic E-state index is 0.869. The fourth-order valence-electron chi connectivity index (χ4n) is 2.05. The van der Waals surface area contributed by atoms with Gasteiger partial charge in [0.25, 0.3) is 0 Å². The maximum Gasteiger partial charge on any atom is 0.133 e. The van der Waals surface area contributed by atoms with Gasteiger partial charge in [0.15, 0.2) is 0 Å². The van der Waals surface area contributed by atoms with Gasteiger partial charge in [0.05, 0.1) is 11.9 Å². The molecule has 0 aliphatic heterocycles. The summed E-state index contributed by atoms with van der Waals surface area (Å²) in [5.41, 5.74) is 3.20. The van der Waals surface area contributed by atoms with Crippen molar-refractivity contribution in [1.82, 2.24) is 19.7 Å². The number of rotatable bonds is 6. The third-order valence-electron chi connectivity index (χ3n) is 3.07. The molecule has 0 aliphatic carbocycles. The van der Waals surface area contributed by atoms with Gasteiger partial charge in [-0.05, 0) is 19.8 Å². The van der Waals surface area contributed by atoms with E-state index in [1.807, 2.05) is 17.1 Å². The molecule has 102 valence electrons. The first-order chi connectivity index (χ1) is 9.30. The van der Waals surface area contributed by atoms with Crippen LogP contribution < -0.4 is 5.32 Å². The van der Waals surface area contributed by atoms with Gasteiger partial charge in [-0.3, -0.25) is 4.68 Å². The van der Waals surface area contributed by atoms with E-state index in [2.05, 4.69) is 41.2 Å². The summed E-state index contributed by atoms with van der Waals surface area (Å²) in [7, 11) is 0. The Morgan fingerprint density at radius 2 is 2.05 bits per heavy atom. The summed E-state index contributed by atoms with van der Waals surface area (Å²) in [5.74, 6) is 0.943. The van der Waals surface area contributed by atoms with E-state index in [9.17, 15) is 0 Å². The Balaban J connectivity index is 2.38. The molecule has 5 heteroatoms. The average Bonchev–Trinajstić information content (AvgIpc) is 2.93. The molecule has 0 aliphatic rings. The highest BCUT2D eigenvalue weighted by Crippen LogP contribution is 2.25. The van der Waals surface area contributed by atoms with Crippen molar-refractivity contribution in [3.8, 4) is 11.3 Å². The molecule has 0 saturated heterocycles. The quantitative estimate of drug-likeness (QED) is 0.866. The summed E-state index contributed by atoms with van der Waals surface area (Å²) in [6.45, 7) is 8.15. The van der Waals surface area contributed by atoms with E-state index in [0.717, 1.165) is 48.6 Å². The number of nitrogens with zero attached hydrogens (tertiary/aromatic N) is 4. The molecule has 5 nitrogen and oxygen atoms in total. The van der Waals surface area contributed by atoms with E-state index >= 15 is 0 Å². The van der Waals surface area contributed by atoms with Gasteiger partial charge in [-0.15, -0.1) is 0 Å². The molecule has 0 unspecified atom stereocenters. The Hall–Kier alpha value is -1.91. The first-order valence-electron chi connectivity index (χ1n) is 6.90. The minimum Gasteiger partial charge on any atom is -0.370 e. The van der Waals surface area contributed by atoms with Crippen LogP contribution in [0, 0.1) is 0 Å². The fraction of sp³-hybridized carbons (Fsp3) is 0.500. The molecule has 2 aromatic heterocycles. The van der Waals surface area contributed by atoms with Crippen LogP contribution in [0.2, 0.25) is 0 Å². The Morgan fingerprint density at radius 1 is 1.21 bits per heavy atom. The molecule has 0 saturated carbocycles. The number of aromatic nitrogens is 4. The molecular formula is C14H21N5. The summed E-state index contributed by atoms with van der Waals surface area (Å²) >= 11 is 0. The van der Waals surface area contributed by atoms with Crippen molar-refractivity contribution in [2.24, 2.45) is 0 Å². The lowest BCUT2D eigenvalue weighted by Gasteiger charge is -2.11. The van der Waals surface area contributed by atoms with Gasteiger partial charge in [0, 0.05) is 30.4 Å². The number of hydrogen-bond donors (Lipinski definition) is 1. The molecule has 2 aromatic rings. The average molecular weight is 259 g/mol. The van der Waals surface area contributed by atoms with Crippen LogP contribution in [0.3, 0.4) is 0 Å². The smallest absolute Gasteiger partial charge is 0.133 e. The zero-order valence-electron chi connectivity index (χ0n) is 11.8. The Kier molecular flexibility index (Phi) is 4.49. The zero-order chi connectivity index (χ0) is 13.7. The van der Waals surface area contributed by atoms with Gasteiger partial charge < -0.3 is 5.32 Å². The van der Waals surface area contributed by atoms with Crippen LogP contribution >= 0.6 is 0 Å².